The number of hydrogen-bond donors (Lipinski definition) is 2. The van der Waals surface area contributed by atoms with E-state index in [1.165, 1.54) is 6.20 Å². The molecule has 1 fully saturated rings. The Morgan fingerprint density at radius 3 is 2.58 bits per heavy atom. The number of nitrogens with one attached hydrogen (secondary N) is 2. The molecule has 0 amide bonds. The van der Waals surface area contributed by atoms with Gasteiger partial charge in [-0.3, -0.25) is 0 Å². The van der Waals surface area contributed by atoms with Crippen molar-refractivity contribution in [2.75, 3.05) is 63.1 Å². The first-order valence-corrected chi connectivity index (χ1v) is 14.7. The molecule has 4 rings (SSSR count). The number of benzene rings is 2. The molecule has 0 radical (unpaired) electrons. The average Bonchev–Trinajstić information content (AvgIpc) is 2.86. The molecule has 0 bridgehead atoms. The van der Waals surface area contributed by atoms with Gasteiger partial charge < -0.3 is 29.7 Å². The Kier molecular flexibility index (Phi) is 6.89. The molecule has 0 aliphatic carbocycles. The SMILES string of the molecule is [2H]C([2H])([2H])Oc1cc(N2CCC(N(C)C)CC2)ccc1Nc1ncc(Cl)c(Nc2ccccc2P(C)(C)=O)n1. The second kappa shape index (κ2) is 11.1. The van der Waals surface area contributed by atoms with Crippen LogP contribution in [0.2, 0.25) is 5.02 Å². The highest BCUT2D eigenvalue weighted by Crippen LogP contribution is 2.39. The molecular formula is C26H34ClN6O2P. The van der Waals surface area contributed by atoms with Gasteiger partial charge in [0.25, 0.3) is 0 Å². The summed E-state index contributed by atoms with van der Waals surface area (Å²) in [5.41, 5.74) is 1.92. The van der Waals surface area contributed by atoms with Crippen LogP contribution in [0.25, 0.3) is 0 Å². The molecule has 0 spiro atoms. The van der Waals surface area contributed by atoms with Crippen LogP contribution in [0, 0.1) is 0 Å². The molecule has 10 heteroatoms. The predicted molar refractivity (Wildman–Crippen MR) is 151 cm³/mol. The maximum atomic E-state index is 12.8. The Labute approximate surface area is 222 Å². The summed E-state index contributed by atoms with van der Waals surface area (Å²) in [5, 5.41) is 7.18. The molecule has 2 aromatic carbocycles. The molecule has 0 saturated carbocycles. The second-order valence-corrected chi connectivity index (χ2v) is 13.1. The maximum absolute atomic E-state index is 12.8. The molecule has 3 aromatic rings. The first kappa shape index (κ1) is 22.4. The van der Waals surface area contributed by atoms with Gasteiger partial charge in [-0.2, -0.15) is 4.98 Å². The zero-order chi connectivity index (χ0) is 28.4. The topological polar surface area (TPSA) is 82.6 Å². The number of ether oxygens (including phenoxy) is 1. The van der Waals surface area contributed by atoms with Crippen molar-refractivity contribution in [2.24, 2.45) is 0 Å². The quantitative estimate of drug-likeness (QED) is 0.374. The molecule has 8 nitrogen and oxygen atoms in total. The largest absolute Gasteiger partial charge is 0.494 e. The molecule has 2 heterocycles. The minimum Gasteiger partial charge on any atom is -0.494 e. The fourth-order valence-corrected chi connectivity index (χ4v) is 5.64. The normalized spacial score (nSPS) is 16.3. The molecule has 36 heavy (non-hydrogen) atoms. The van der Waals surface area contributed by atoms with Crippen LogP contribution < -0.4 is 25.6 Å². The Balaban J connectivity index is 1.60. The van der Waals surface area contributed by atoms with E-state index >= 15 is 0 Å². The van der Waals surface area contributed by atoms with Gasteiger partial charge >= 0.3 is 0 Å². The summed E-state index contributed by atoms with van der Waals surface area (Å²) >= 11 is 6.38. The number of para-hydroxylation sites is 1. The van der Waals surface area contributed by atoms with Gasteiger partial charge in [-0.05, 0) is 64.5 Å². The summed E-state index contributed by atoms with van der Waals surface area (Å²) < 4.78 is 41.2. The number of aromatic nitrogens is 2. The smallest absolute Gasteiger partial charge is 0.229 e. The zero-order valence-electron chi connectivity index (χ0n) is 24.0. The monoisotopic (exact) mass is 531 g/mol. The van der Waals surface area contributed by atoms with Crippen molar-refractivity contribution in [3.63, 3.8) is 0 Å². The van der Waals surface area contributed by atoms with E-state index in [-0.39, 0.29) is 16.7 Å². The van der Waals surface area contributed by atoms with Gasteiger partial charge in [0.05, 0.1) is 28.7 Å². The second-order valence-electron chi connectivity index (χ2n) is 9.47. The first-order chi connectivity index (χ1) is 18.3. The van der Waals surface area contributed by atoms with E-state index in [0.29, 0.717) is 28.5 Å². The summed E-state index contributed by atoms with van der Waals surface area (Å²) in [5.74, 6) is 0.665. The molecule has 1 saturated heterocycles. The number of nitrogens with zero attached hydrogens (tertiary/aromatic N) is 4. The van der Waals surface area contributed by atoms with E-state index in [1.54, 1.807) is 31.5 Å². The Morgan fingerprint density at radius 1 is 1.14 bits per heavy atom. The standard InChI is InChI=1S/C26H34ClN6O2P/c1-32(2)18-12-14-33(15-13-18)19-10-11-21(23(16-19)35-3)30-26-28-17-20(27)25(31-26)29-22-8-6-7-9-24(22)36(4,5)34/h6-11,16-18H,12-15H2,1-5H3,(H2,28,29,30,31)/i3D3. The molecular weight excluding hydrogens is 495 g/mol. The van der Waals surface area contributed by atoms with Crippen LogP contribution in [0.15, 0.2) is 48.7 Å². The van der Waals surface area contributed by atoms with E-state index in [2.05, 4.69) is 44.5 Å². The van der Waals surface area contributed by atoms with Crippen LogP contribution in [-0.4, -0.2) is 68.5 Å². The van der Waals surface area contributed by atoms with E-state index in [4.69, 9.17) is 20.5 Å². The number of anilines is 5. The van der Waals surface area contributed by atoms with Crippen LogP contribution in [-0.2, 0) is 4.57 Å². The van der Waals surface area contributed by atoms with Crippen molar-refractivity contribution >= 4 is 52.9 Å². The fourth-order valence-electron chi connectivity index (χ4n) is 4.35. The molecule has 0 atom stereocenters. The van der Waals surface area contributed by atoms with E-state index in [9.17, 15) is 4.57 Å². The van der Waals surface area contributed by atoms with Crippen molar-refractivity contribution in [3.8, 4) is 5.75 Å². The lowest BCUT2D eigenvalue weighted by molar-refractivity contribution is 0.249. The maximum Gasteiger partial charge on any atom is 0.229 e. The van der Waals surface area contributed by atoms with Gasteiger partial charge in [-0.15, -0.1) is 0 Å². The average molecular weight is 532 g/mol. The number of methoxy groups -OCH3 is 1. The van der Waals surface area contributed by atoms with Crippen LogP contribution in [0.1, 0.15) is 17.0 Å². The summed E-state index contributed by atoms with van der Waals surface area (Å²) in [6, 6.07) is 13.2. The van der Waals surface area contributed by atoms with Gasteiger partial charge in [-0.1, -0.05) is 23.7 Å². The van der Waals surface area contributed by atoms with E-state index in [0.717, 1.165) is 31.6 Å². The number of hydrogen-bond acceptors (Lipinski definition) is 8. The van der Waals surface area contributed by atoms with Gasteiger partial charge in [0, 0.05) is 36.2 Å². The number of halogens is 1. The Hall–Kier alpha value is -2.80. The summed E-state index contributed by atoms with van der Waals surface area (Å²) in [7, 11) is -1.03. The highest BCUT2D eigenvalue weighted by atomic mass is 35.5. The van der Waals surface area contributed by atoms with Crippen LogP contribution in [0.4, 0.5) is 28.8 Å². The molecule has 1 aliphatic rings. The van der Waals surface area contributed by atoms with Gasteiger partial charge in [0.1, 0.15) is 17.9 Å². The fraction of sp³-hybridized carbons (Fsp3) is 0.385. The minimum absolute atomic E-state index is 0.165. The Bertz CT molecular complexity index is 1360. The highest BCUT2D eigenvalue weighted by Gasteiger charge is 2.22. The predicted octanol–water partition coefficient (Wildman–Crippen LogP) is 5.40. The van der Waals surface area contributed by atoms with Gasteiger partial charge in [-0.25, -0.2) is 4.98 Å². The first-order valence-electron chi connectivity index (χ1n) is 13.3. The lowest BCUT2D eigenvalue weighted by Crippen LogP contribution is -2.41. The lowest BCUT2D eigenvalue weighted by Gasteiger charge is -2.36. The van der Waals surface area contributed by atoms with E-state index < -0.39 is 14.2 Å². The number of piperidine rings is 1. The summed E-state index contributed by atoms with van der Waals surface area (Å²) in [6.07, 6.45) is 3.48. The summed E-state index contributed by atoms with van der Waals surface area (Å²) in [4.78, 5) is 13.2. The molecule has 0 unspecified atom stereocenters. The molecule has 192 valence electrons. The summed E-state index contributed by atoms with van der Waals surface area (Å²) in [6.45, 7) is 5.12. The van der Waals surface area contributed by atoms with Crippen LogP contribution in [0.5, 0.6) is 5.75 Å². The molecule has 1 aliphatic heterocycles. The van der Waals surface area contributed by atoms with Crippen molar-refractivity contribution in [1.29, 1.82) is 0 Å². The van der Waals surface area contributed by atoms with E-state index in [1.807, 2.05) is 24.3 Å². The minimum atomic E-state index is -2.64. The highest BCUT2D eigenvalue weighted by molar-refractivity contribution is 7.70. The van der Waals surface area contributed by atoms with Crippen molar-refractivity contribution in [2.45, 2.75) is 18.9 Å². The number of rotatable bonds is 8. The van der Waals surface area contributed by atoms with Gasteiger partial charge in [0.15, 0.2) is 5.82 Å². The van der Waals surface area contributed by atoms with Crippen LogP contribution >= 0.6 is 18.7 Å². The third-order valence-corrected chi connectivity index (χ3v) is 8.19. The van der Waals surface area contributed by atoms with Crippen molar-refractivity contribution < 1.29 is 13.4 Å². The molecule has 2 N–H and O–H groups in total. The Morgan fingerprint density at radius 2 is 1.89 bits per heavy atom. The molecule has 1 aromatic heterocycles. The van der Waals surface area contributed by atoms with Crippen molar-refractivity contribution in [3.05, 3.63) is 53.7 Å². The van der Waals surface area contributed by atoms with Crippen LogP contribution in [0.3, 0.4) is 0 Å². The van der Waals surface area contributed by atoms with Crippen molar-refractivity contribution in [1.82, 2.24) is 14.9 Å². The van der Waals surface area contributed by atoms with Gasteiger partial charge in [0.2, 0.25) is 5.95 Å². The third-order valence-electron chi connectivity index (χ3n) is 6.36. The third kappa shape index (κ3) is 6.12. The zero-order valence-corrected chi connectivity index (χ0v) is 22.6. The lowest BCUT2D eigenvalue weighted by atomic mass is 10.0.